The Morgan fingerprint density at radius 1 is 1.41 bits per heavy atom. The zero-order chi connectivity index (χ0) is 12.3. The van der Waals surface area contributed by atoms with Crippen molar-refractivity contribution in [2.45, 2.75) is 52.4 Å². The summed E-state index contributed by atoms with van der Waals surface area (Å²) in [5.74, 6) is 1.57. The van der Waals surface area contributed by atoms with E-state index in [0.717, 1.165) is 29.5 Å². The van der Waals surface area contributed by atoms with Crippen LogP contribution in [0.25, 0.3) is 0 Å². The summed E-state index contributed by atoms with van der Waals surface area (Å²) in [4.78, 5) is 16.5. The number of hydrogen-bond donors (Lipinski definition) is 0. The molecule has 0 aromatic carbocycles. The van der Waals surface area contributed by atoms with Gasteiger partial charge in [0.05, 0.1) is 10.7 Å². The number of carbonyl (C=O) groups is 1. The molecular weight excluding hydrogens is 230 g/mol. The smallest absolute Gasteiger partial charge is 0.141 e. The first-order chi connectivity index (χ1) is 8.19. The first-order valence-electron chi connectivity index (χ1n) is 6.62. The van der Waals surface area contributed by atoms with Crippen molar-refractivity contribution in [3.05, 3.63) is 16.1 Å². The van der Waals surface area contributed by atoms with Crippen LogP contribution >= 0.6 is 11.3 Å². The Labute approximate surface area is 107 Å². The molecule has 0 aliphatic heterocycles. The number of rotatable bonds is 4. The van der Waals surface area contributed by atoms with Crippen molar-refractivity contribution in [1.29, 1.82) is 0 Å². The standard InChI is InChI=1S/C14H21NOS/c1-3-11-4-6-12(7-5-11)14(16)8-13-9-17-10(2)15-13/h9,11-12H,3-8H2,1-2H3. The highest BCUT2D eigenvalue weighted by atomic mass is 32.1. The largest absolute Gasteiger partial charge is 0.299 e. The van der Waals surface area contributed by atoms with E-state index in [0.29, 0.717) is 18.1 Å². The minimum Gasteiger partial charge on any atom is -0.299 e. The van der Waals surface area contributed by atoms with Crippen molar-refractivity contribution in [3.63, 3.8) is 0 Å². The van der Waals surface area contributed by atoms with Gasteiger partial charge in [-0.2, -0.15) is 0 Å². The average molecular weight is 251 g/mol. The van der Waals surface area contributed by atoms with Crippen LogP contribution < -0.4 is 0 Å². The predicted molar refractivity (Wildman–Crippen MR) is 71.3 cm³/mol. The van der Waals surface area contributed by atoms with Crippen LogP contribution in [0.4, 0.5) is 0 Å². The quantitative estimate of drug-likeness (QED) is 0.815. The van der Waals surface area contributed by atoms with Crippen LogP contribution in [0.3, 0.4) is 0 Å². The van der Waals surface area contributed by atoms with Crippen LogP contribution in [-0.4, -0.2) is 10.8 Å². The maximum atomic E-state index is 12.1. The van der Waals surface area contributed by atoms with Gasteiger partial charge in [-0.3, -0.25) is 4.79 Å². The molecule has 1 aliphatic carbocycles. The average Bonchev–Trinajstić information content (AvgIpc) is 2.75. The van der Waals surface area contributed by atoms with Crippen LogP contribution in [0.5, 0.6) is 0 Å². The van der Waals surface area contributed by atoms with Gasteiger partial charge in [0.15, 0.2) is 0 Å². The van der Waals surface area contributed by atoms with Crippen LogP contribution in [0.15, 0.2) is 5.38 Å². The summed E-state index contributed by atoms with van der Waals surface area (Å²) in [6.07, 6.45) is 6.49. The molecule has 17 heavy (non-hydrogen) atoms. The first-order valence-corrected chi connectivity index (χ1v) is 7.50. The Bertz CT molecular complexity index is 377. The molecule has 3 heteroatoms. The fourth-order valence-corrected chi connectivity index (χ4v) is 3.32. The highest BCUT2D eigenvalue weighted by molar-refractivity contribution is 7.09. The molecule has 2 nitrogen and oxygen atoms in total. The minimum atomic E-state index is 0.305. The number of aryl methyl sites for hydroxylation is 1. The van der Waals surface area contributed by atoms with Gasteiger partial charge in [-0.15, -0.1) is 11.3 Å². The number of Topliss-reactive ketones (excluding diaryl/α,β-unsaturated/α-hetero) is 1. The van der Waals surface area contributed by atoms with E-state index in [-0.39, 0.29) is 0 Å². The van der Waals surface area contributed by atoms with Gasteiger partial charge in [0, 0.05) is 17.7 Å². The summed E-state index contributed by atoms with van der Waals surface area (Å²) in [7, 11) is 0. The summed E-state index contributed by atoms with van der Waals surface area (Å²) in [6.45, 7) is 4.25. The molecule has 1 aromatic heterocycles. The lowest BCUT2D eigenvalue weighted by Gasteiger charge is -2.26. The second-order valence-corrected chi connectivity index (χ2v) is 6.19. The fraction of sp³-hybridized carbons (Fsp3) is 0.714. The second kappa shape index (κ2) is 5.76. The molecule has 1 saturated carbocycles. The van der Waals surface area contributed by atoms with Gasteiger partial charge in [-0.1, -0.05) is 13.3 Å². The topological polar surface area (TPSA) is 30.0 Å². The summed E-state index contributed by atoms with van der Waals surface area (Å²) in [5.41, 5.74) is 0.968. The van der Waals surface area contributed by atoms with Gasteiger partial charge in [-0.05, 0) is 38.5 Å². The number of aromatic nitrogens is 1. The Morgan fingerprint density at radius 2 is 2.12 bits per heavy atom. The molecule has 94 valence electrons. The molecular formula is C14H21NOS. The first kappa shape index (κ1) is 12.7. The lowest BCUT2D eigenvalue weighted by atomic mass is 9.78. The van der Waals surface area contributed by atoms with Crippen molar-refractivity contribution in [3.8, 4) is 0 Å². The molecule has 0 N–H and O–H groups in total. The normalized spacial score (nSPS) is 24.8. The van der Waals surface area contributed by atoms with E-state index in [2.05, 4.69) is 11.9 Å². The molecule has 2 rings (SSSR count). The number of nitrogens with zero attached hydrogens (tertiary/aromatic N) is 1. The van der Waals surface area contributed by atoms with E-state index in [1.807, 2.05) is 12.3 Å². The van der Waals surface area contributed by atoms with Crippen molar-refractivity contribution in [2.24, 2.45) is 11.8 Å². The predicted octanol–water partition coefficient (Wildman–Crippen LogP) is 3.78. The van der Waals surface area contributed by atoms with Crippen LogP contribution in [0.1, 0.15) is 49.7 Å². The highest BCUT2D eigenvalue weighted by Gasteiger charge is 2.25. The summed E-state index contributed by atoms with van der Waals surface area (Å²) in [6, 6.07) is 0. The molecule has 1 aromatic rings. The molecule has 0 unspecified atom stereocenters. The fourth-order valence-electron chi connectivity index (χ4n) is 2.70. The number of carbonyl (C=O) groups excluding carboxylic acids is 1. The Morgan fingerprint density at radius 3 is 2.65 bits per heavy atom. The molecule has 0 atom stereocenters. The zero-order valence-electron chi connectivity index (χ0n) is 10.7. The van der Waals surface area contributed by atoms with Gasteiger partial charge in [0.1, 0.15) is 5.78 Å². The number of hydrogen-bond acceptors (Lipinski definition) is 3. The van der Waals surface area contributed by atoms with Crippen molar-refractivity contribution >= 4 is 17.1 Å². The third kappa shape index (κ3) is 3.38. The molecule has 1 aliphatic rings. The maximum Gasteiger partial charge on any atom is 0.141 e. The number of thiazole rings is 1. The van der Waals surface area contributed by atoms with Crippen molar-refractivity contribution in [1.82, 2.24) is 4.98 Å². The van der Waals surface area contributed by atoms with Gasteiger partial charge >= 0.3 is 0 Å². The molecule has 0 saturated heterocycles. The van der Waals surface area contributed by atoms with E-state index in [1.165, 1.54) is 19.3 Å². The lowest BCUT2D eigenvalue weighted by Crippen LogP contribution is -2.23. The van der Waals surface area contributed by atoms with Crippen LogP contribution in [0, 0.1) is 18.8 Å². The van der Waals surface area contributed by atoms with E-state index in [4.69, 9.17) is 0 Å². The molecule has 0 bridgehead atoms. The summed E-state index contributed by atoms with van der Waals surface area (Å²) in [5, 5.41) is 3.08. The van der Waals surface area contributed by atoms with E-state index >= 15 is 0 Å². The maximum absolute atomic E-state index is 12.1. The summed E-state index contributed by atoms with van der Waals surface area (Å²) >= 11 is 1.63. The molecule has 0 amide bonds. The Balaban J connectivity index is 1.85. The molecule has 0 spiro atoms. The molecule has 1 heterocycles. The monoisotopic (exact) mass is 251 g/mol. The van der Waals surface area contributed by atoms with E-state index in [9.17, 15) is 4.79 Å². The third-order valence-corrected chi connectivity index (χ3v) is 4.72. The Kier molecular flexibility index (Phi) is 4.32. The van der Waals surface area contributed by atoms with Crippen LogP contribution in [0.2, 0.25) is 0 Å². The van der Waals surface area contributed by atoms with E-state index in [1.54, 1.807) is 11.3 Å². The number of ketones is 1. The Hall–Kier alpha value is -0.700. The molecule has 0 radical (unpaired) electrons. The second-order valence-electron chi connectivity index (χ2n) is 5.13. The SMILES string of the molecule is CCC1CCC(C(=O)Cc2csc(C)n2)CC1. The lowest BCUT2D eigenvalue weighted by molar-refractivity contribution is -0.123. The summed E-state index contributed by atoms with van der Waals surface area (Å²) < 4.78 is 0. The van der Waals surface area contributed by atoms with Gasteiger partial charge in [-0.25, -0.2) is 4.98 Å². The van der Waals surface area contributed by atoms with Gasteiger partial charge < -0.3 is 0 Å². The third-order valence-electron chi connectivity index (χ3n) is 3.90. The zero-order valence-corrected chi connectivity index (χ0v) is 11.6. The van der Waals surface area contributed by atoms with Crippen LogP contribution in [-0.2, 0) is 11.2 Å². The van der Waals surface area contributed by atoms with E-state index < -0.39 is 0 Å². The molecule has 1 fully saturated rings. The van der Waals surface area contributed by atoms with Gasteiger partial charge in [0.25, 0.3) is 0 Å². The van der Waals surface area contributed by atoms with Gasteiger partial charge in [0.2, 0.25) is 0 Å². The highest BCUT2D eigenvalue weighted by Crippen LogP contribution is 2.31. The minimum absolute atomic E-state index is 0.305. The van der Waals surface area contributed by atoms with Crippen molar-refractivity contribution in [2.75, 3.05) is 0 Å². The van der Waals surface area contributed by atoms with Crippen molar-refractivity contribution < 1.29 is 4.79 Å².